The van der Waals surface area contributed by atoms with E-state index in [4.69, 9.17) is 9.47 Å². The van der Waals surface area contributed by atoms with Crippen molar-refractivity contribution in [3.63, 3.8) is 0 Å². The maximum atomic E-state index is 11.8. The fourth-order valence-electron chi connectivity index (χ4n) is 4.95. The van der Waals surface area contributed by atoms with Crippen molar-refractivity contribution in [1.29, 1.82) is 0 Å². The Hall–Kier alpha value is -0.830. The highest BCUT2D eigenvalue weighted by Gasteiger charge is 2.81. The summed E-state index contributed by atoms with van der Waals surface area (Å²) in [5, 5.41) is 0. The molecule has 4 rings (SSSR count). The van der Waals surface area contributed by atoms with Crippen molar-refractivity contribution in [2.45, 2.75) is 56.8 Å². The molecular weight excluding hydrogens is 228 g/mol. The number of hydrogen-bond donors (Lipinski definition) is 0. The van der Waals surface area contributed by atoms with Crippen LogP contribution in [-0.4, -0.2) is 23.3 Å². The van der Waals surface area contributed by atoms with E-state index in [9.17, 15) is 4.79 Å². The summed E-state index contributed by atoms with van der Waals surface area (Å²) in [5.41, 5.74) is 0.430. The quantitative estimate of drug-likeness (QED) is 0.375. The molecule has 0 radical (unpaired) electrons. The third-order valence-corrected chi connectivity index (χ3v) is 6.01. The first-order chi connectivity index (χ1) is 8.49. The predicted molar refractivity (Wildman–Crippen MR) is 65.9 cm³/mol. The van der Waals surface area contributed by atoms with Crippen LogP contribution in [0.15, 0.2) is 12.2 Å². The van der Waals surface area contributed by atoms with E-state index in [0.29, 0.717) is 17.4 Å². The highest BCUT2D eigenvalue weighted by molar-refractivity contribution is 5.91. The minimum absolute atomic E-state index is 0.0515. The summed E-state index contributed by atoms with van der Waals surface area (Å²) in [7, 11) is 0. The molecule has 0 aromatic heterocycles. The fourth-order valence-corrected chi connectivity index (χ4v) is 4.95. The Morgan fingerprint density at radius 3 is 2.83 bits per heavy atom. The van der Waals surface area contributed by atoms with Crippen molar-refractivity contribution in [2.24, 2.45) is 17.8 Å². The lowest BCUT2D eigenvalue weighted by Gasteiger charge is -2.28. The molecule has 1 spiro atoms. The zero-order valence-corrected chi connectivity index (χ0v) is 11.1. The fraction of sp³-hybridized carbons (Fsp3) is 0.800. The van der Waals surface area contributed by atoms with E-state index in [1.165, 1.54) is 6.42 Å². The second-order valence-electron chi connectivity index (χ2n) is 6.78. The third kappa shape index (κ3) is 1.00. The molecule has 98 valence electrons. The largest absolute Gasteiger partial charge is 0.455 e. The van der Waals surface area contributed by atoms with Crippen LogP contribution < -0.4 is 0 Å². The Morgan fingerprint density at radius 2 is 2.11 bits per heavy atom. The molecule has 2 aliphatic heterocycles. The van der Waals surface area contributed by atoms with E-state index >= 15 is 0 Å². The molecule has 2 saturated heterocycles. The average molecular weight is 248 g/mol. The molecule has 6 atom stereocenters. The van der Waals surface area contributed by atoms with Crippen LogP contribution in [0.1, 0.15) is 39.5 Å². The lowest BCUT2D eigenvalue weighted by atomic mass is 9.77. The first-order valence-electron chi connectivity index (χ1n) is 7.09. The summed E-state index contributed by atoms with van der Waals surface area (Å²) >= 11 is 0. The van der Waals surface area contributed by atoms with Gasteiger partial charge in [-0.2, -0.15) is 0 Å². The van der Waals surface area contributed by atoms with E-state index in [-0.39, 0.29) is 29.2 Å². The van der Waals surface area contributed by atoms with Crippen molar-refractivity contribution in [2.75, 3.05) is 0 Å². The number of carbonyl (C=O) groups excluding carboxylic acids is 1. The van der Waals surface area contributed by atoms with Crippen molar-refractivity contribution < 1.29 is 14.3 Å². The maximum absolute atomic E-state index is 11.8. The van der Waals surface area contributed by atoms with Gasteiger partial charge in [0.15, 0.2) is 0 Å². The van der Waals surface area contributed by atoms with Crippen molar-refractivity contribution in [3.05, 3.63) is 12.2 Å². The van der Waals surface area contributed by atoms with Gasteiger partial charge in [0.2, 0.25) is 0 Å². The number of esters is 1. The van der Waals surface area contributed by atoms with Gasteiger partial charge in [-0.15, -0.1) is 0 Å². The monoisotopic (exact) mass is 248 g/mol. The standard InChI is InChI=1S/C15H20O3/c1-8-4-5-10-9(2)13(16)17-12(10)15-11(8)6-7-14(15,3)18-15/h8,10-12H,2,4-7H2,1,3H3/t8-,10-,11-,12+,14-,15-/m1/s1. The molecule has 2 saturated carbocycles. The highest BCUT2D eigenvalue weighted by Crippen LogP contribution is 2.70. The first kappa shape index (κ1) is 11.0. The van der Waals surface area contributed by atoms with Gasteiger partial charge in [0.1, 0.15) is 11.7 Å². The number of hydrogen-bond acceptors (Lipinski definition) is 3. The number of rotatable bonds is 0. The minimum Gasteiger partial charge on any atom is -0.455 e. The topological polar surface area (TPSA) is 38.8 Å². The molecule has 0 bridgehead atoms. The van der Waals surface area contributed by atoms with E-state index in [1.807, 2.05) is 0 Å². The summed E-state index contributed by atoms with van der Waals surface area (Å²) in [5.74, 6) is 1.20. The zero-order valence-electron chi connectivity index (χ0n) is 11.1. The molecule has 4 fully saturated rings. The number of epoxide rings is 1. The van der Waals surface area contributed by atoms with Crippen LogP contribution in [0.4, 0.5) is 0 Å². The van der Waals surface area contributed by atoms with Gasteiger partial charge in [-0.3, -0.25) is 0 Å². The van der Waals surface area contributed by atoms with Gasteiger partial charge in [0.05, 0.1) is 5.60 Å². The Bertz CT molecular complexity index is 457. The molecule has 0 unspecified atom stereocenters. The second-order valence-corrected chi connectivity index (χ2v) is 6.78. The summed E-state index contributed by atoms with van der Waals surface area (Å²) in [6.45, 7) is 8.46. The SMILES string of the molecule is C=C1C(=O)O[C@H]2[C@@H]1CC[C@@H](C)[C@H]1CC[C@@]3(C)O[C@]123. The molecule has 18 heavy (non-hydrogen) atoms. The molecular formula is C15H20O3. The van der Waals surface area contributed by atoms with Crippen LogP contribution in [-0.2, 0) is 14.3 Å². The molecule has 0 aromatic carbocycles. The number of fused-ring (bicyclic) bond motifs is 1. The normalized spacial score (nSPS) is 57.4. The summed E-state index contributed by atoms with van der Waals surface area (Å²) in [4.78, 5) is 11.8. The smallest absolute Gasteiger partial charge is 0.334 e. The molecule has 0 aromatic rings. The van der Waals surface area contributed by atoms with Gasteiger partial charge < -0.3 is 9.47 Å². The van der Waals surface area contributed by atoms with Crippen molar-refractivity contribution in [1.82, 2.24) is 0 Å². The third-order valence-electron chi connectivity index (χ3n) is 6.01. The van der Waals surface area contributed by atoms with Gasteiger partial charge in [-0.1, -0.05) is 13.5 Å². The van der Waals surface area contributed by atoms with Crippen LogP contribution in [0.5, 0.6) is 0 Å². The Balaban J connectivity index is 1.81. The molecule has 0 amide bonds. The Morgan fingerprint density at radius 1 is 1.33 bits per heavy atom. The zero-order chi connectivity index (χ0) is 12.7. The number of carbonyl (C=O) groups is 1. The lowest BCUT2D eigenvalue weighted by molar-refractivity contribution is -0.143. The predicted octanol–water partition coefficient (Wildman–Crippen LogP) is 2.45. The summed E-state index contributed by atoms with van der Waals surface area (Å²) in [6, 6.07) is 0. The van der Waals surface area contributed by atoms with Crippen molar-refractivity contribution in [3.8, 4) is 0 Å². The molecule has 0 N–H and O–H groups in total. The van der Waals surface area contributed by atoms with E-state index in [1.54, 1.807) is 0 Å². The minimum atomic E-state index is -0.197. The van der Waals surface area contributed by atoms with Crippen LogP contribution in [0, 0.1) is 17.8 Å². The van der Waals surface area contributed by atoms with E-state index < -0.39 is 0 Å². The Kier molecular flexibility index (Phi) is 1.84. The maximum Gasteiger partial charge on any atom is 0.334 e. The van der Waals surface area contributed by atoms with Gasteiger partial charge in [-0.05, 0) is 44.4 Å². The van der Waals surface area contributed by atoms with Gasteiger partial charge in [0, 0.05) is 11.5 Å². The Labute approximate surface area is 108 Å². The van der Waals surface area contributed by atoms with E-state index in [2.05, 4.69) is 20.4 Å². The summed E-state index contributed by atoms with van der Waals surface area (Å²) < 4.78 is 11.8. The highest BCUT2D eigenvalue weighted by atomic mass is 16.7. The van der Waals surface area contributed by atoms with E-state index in [0.717, 1.165) is 19.3 Å². The van der Waals surface area contributed by atoms with Gasteiger partial charge in [-0.25, -0.2) is 4.79 Å². The summed E-state index contributed by atoms with van der Waals surface area (Å²) in [6.07, 6.45) is 4.43. The van der Waals surface area contributed by atoms with Crippen LogP contribution >= 0.6 is 0 Å². The van der Waals surface area contributed by atoms with Crippen molar-refractivity contribution >= 4 is 5.97 Å². The van der Waals surface area contributed by atoms with Crippen LogP contribution in [0.25, 0.3) is 0 Å². The average Bonchev–Trinajstić information content (AvgIpc) is 2.73. The molecule has 4 aliphatic rings. The molecule has 2 aliphatic carbocycles. The molecule has 3 heteroatoms. The van der Waals surface area contributed by atoms with Gasteiger partial charge >= 0.3 is 5.97 Å². The van der Waals surface area contributed by atoms with Gasteiger partial charge in [0.25, 0.3) is 0 Å². The lowest BCUT2D eigenvalue weighted by Crippen LogP contribution is -2.42. The second kappa shape index (κ2) is 3.01. The molecule has 2 heterocycles. The first-order valence-corrected chi connectivity index (χ1v) is 7.09. The molecule has 3 nitrogen and oxygen atoms in total. The number of ether oxygens (including phenoxy) is 2. The van der Waals surface area contributed by atoms with Crippen LogP contribution in [0.2, 0.25) is 0 Å². The van der Waals surface area contributed by atoms with Crippen LogP contribution in [0.3, 0.4) is 0 Å².